The number of aromatic nitrogens is 1. The minimum atomic E-state index is -4.15. The molecule has 504 valence electrons. The molecule has 4 rings (SSSR count). The number of aryl methyl sites for hydroxylation is 1. The van der Waals surface area contributed by atoms with Crippen LogP contribution in [0.3, 0.4) is 0 Å². The van der Waals surface area contributed by atoms with E-state index < -0.39 is 98.9 Å². The summed E-state index contributed by atoms with van der Waals surface area (Å²) in [6, 6.07) is 5.58. The number of carboxylic acids is 1. The van der Waals surface area contributed by atoms with Gasteiger partial charge >= 0.3 is 11.9 Å². The number of rotatable bonds is 33. The highest BCUT2D eigenvalue weighted by Gasteiger charge is 2.52. The number of esters is 1. The number of ether oxygens (including phenoxy) is 5. The average Bonchev–Trinajstić information content (AvgIpc) is 1.68. The lowest BCUT2D eigenvalue weighted by Gasteiger charge is -2.47. The quantitative estimate of drug-likeness (QED) is 0.0156. The van der Waals surface area contributed by atoms with Gasteiger partial charge in [-0.25, -0.2) is 4.79 Å². The highest BCUT2D eigenvalue weighted by molar-refractivity contribution is 7.86. The number of hydrogen-bond donors (Lipinski definition) is 6. The number of nitrogens with zero attached hydrogens (tertiary/aromatic N) is 5. The Kier molecular flexibility index (Phi) is 33.0. The summed E-state index contributed by atoms with van der Waals surface area (Å²) >= 11 is 0. The Bertz CT molecular complexity index is 2580. The summed E-state index contributed by atoms with van der Waals surface area (Å²) in [5, 5.41) is 62.2. The fraction of sp³-hybridized carbons (Fsp3) is 0.810. The van der Waals surface area contributed by atoms with Crippen LogP contribution in [0.1, 0.15) is 159 Å². The van der Waals surface area contributed by atoms with Gasteiger partial charge in [0.2, 0.25) is 5.43 Å². The predicted octanol–water partition coefficient (Wildman–Crippen LogP) is 6.04. The molecule has 0 amide bonds. The van der Waals surface area contributed by atoms with Crippen LogP contribution >= 0.6 is 0 Å². The average molecular weight is 1260 g/mol. The van der Waals surface area contributed by atoms with Gasteiger partial charge in [0, 0.05) is 70.5 Å². The Balaban J connectivity index is 0.00000162. The molecule has 0 spiro atoms. The van der Waals surface area contributed by atoms with E-state index in [9.17, 15) is 48.3 Å². The lowest BCUT2D eigenvalue weighted by atomic mass is 9.72. The molecule has 23 nitrogen and oxygen atoms in total. The van der Waals surface area contributed by atoms with E-state index in [1.54, 1.807) is 76.7 Å². The molecule has 2 aliphatic heterocycles. The first-order chi connectivity index (χ1) is 40.5. The number of aliphatic hydroxyl groups is 4. The summed E-state index contributed by atoms with van der Waals surface area (Å²) < 4.78 is 64.8. The van der Waals surface area contributed by atoms with Crippen molar-refractivity contribution < 1.29 is 76.2 Å². The van der Waals surface area contributed by atoms with E-state index in [0.29, 0.717) is 37.9 Å². The second-order valence-electron chi connectivity index (χ2n) is 25.0. The number of oxime groups is 1. The number of methoxy groups -OCH3 is 1. The van der Waals surface area contributed by atoms with E-state index in [4.69, 9.17) is 32.7 Å². The SMILES string of the molecule is CC.CC1O[C@H](C)C[C@H](N(C)C)C1O.CC[C@@H](OC(=O)C(C)[C@@H](O[C@H]1C[C@@](C)(OC)[C@@H](OS(=O)(=O)CCNCCCc2ccc3c(c2)c(=O)c(C(=O)O)cn3N(C)C)C(C)O1)[C@H](C)[C@@H](O)C(C)(C)C[C@@H](C)/C=N\OCCN(CC)CC)[C@@](C)(O)[C@@H](C)O. The number of nitrogens with one attached hydrogen (secondary N) is 1. The van der Waals surface area contributed by atoms with Gasteiger partial charge in [-0.1, -0.05) is 73.5 Å². The van der Waals surface area contributed by atoms with Crippen LogP contribution in [0.5, 0.6) is 0 Å². The number of aliphatic hydroxyl groups excluding tert-OH is 3. The number of carboxylic acid groups (broad SMARTS) is 1. The number of aromatic carboxylic acids is 1. The number of likely N-dealkylation sites (N-methyl/N-ethyl adjacent to an activating group) is 2. The first-order valence-electron chi connectivity index (χ1n) is 31.3. The van der Waals surface area contributed by atoms with Crippen molar-refractivity contribution in [2.24, 2.45) is 28.3 Å². The zero-order valence-corrected chi connectivity index (χ0v) is 57.3. The molecule has 2 fully saturated rings. The van der Waals surface area contributed by atoms with Crippen LogP contribution in [-0.2, 0) is 54.0 Å². The second-order valence-corrected chi connectivity index (χ2v) is 26.7. The number of benzene rings is 1. The zero-order valence-electron chi connectivity index (χ0n) is 56.4. The normalized spacial score (nSPS) is 25.0. The van der Waals surface area contributed by atoms with E-state index in [0.717, 1.165) is 31.6 Å². The van der Waals surface area contributed by atoms with Gasteiger partial charge in [-0.05, 0) is 143 Å². The van der Waals surface area contributed by atoms with Crippen LogP contribution in [0.2, 0.25) is 0 Å². The Morgan fingerprint density at radius 1 is 0.989 bits per heavy atom. The smallest absolute Gasteiger partial charge is 0.341 e. The van der Waals surface area contributed by atoms with Crippen LogP contribution in [0.25, 0.3) is 10.9 Å². The maximum atomic E-state index is 14.1. The molecule has 87 heavy (non-hydrogen) atoms. The summed E-state index contributed by atoms with van der Waals surface area (Å²) in [5.41, 5.74) is -3.28. The lowest BCUT2D eigenvalue weighted by molar-refractivity contribution is -0.294. The van der Waals surface area contributed by atoms with Crippen molar-refractivity contribution in [2.45, 2.75) is 228 Å². The van der Waals surface area contributed by atoms with Gasteiger partial charge in [0.05, 0.1) is 65.5 Å². The molecule has 0 bridgehead atoms. The number of fused-ring (bicyclic) bond motifs is 1. The summed E-state index contributed by atoms with van der Waals surface area (Å²) in [6.07, 6.45) is -1.83. The number of carbonyl (C=O) groups is 2. The topological polar surface area (TPSA) is 290 Å². The molecule has 3 heterocycles. The van der Waals surface area contributed by atoms with Crippen LogP contribution in [0.4, 0.5) is 0 Å². The van der Waals surface area contributed by atoms with Crippen LogP contribution in [-0.4, -0.2) is 225 Å². The summed E-state index contributed by atoms with van der Waals surface area (Å²) in [7, 11) is 4.77. The van der Waals surface area contributed by atoms with E-state index in [-0.39, 0.29) is 66.4 Å². The van der Waals surface area contributed by atoms with Gasteiger partial charge in [-0.15, -0.1) is 0 Å². The summed E-state index contributed by atoms with van der Waals surface area (Å²) in [6.45, 7) is 32.8. The van der Waals surface area contributed by atoms with Crippen molar-refractivity contribution in [3.05, 3.63) is 45.7 Å². The molecule has 0 aliphatic carbocycles. The molecular weight excluding hydrogens is 1140 g/mol. The van der Waals surface area contributed by atoms with E-state index in [1.807, 2.05) is 61.7 Å². The number of pyridine rings is 1. The van der Waals surface area contributed by atoms with Gasteiger partial charge in [0.15, 0.2) is 6.29 Å². The van der Waals surface area contributed by atoms with Gasteiger partial charge in [-0.3, -0.25) is 18.4 Å². The van der Waals surface area contributed by atoms with Crippen molar-refractivity contribution >= 4 is 39.2 Å². The molecule has 2 saturated heterocycles. The van der Waals surface area contributed by atoms with Crippen molar-refractivity contribution in [3.63, 3.8) is 0 Å². The van der Waals surface area contributed by atoms with Crippen molar-refractivity contribution in [2.75, 3.05) is 85.4 Å². The lowest BCUT2D eigenvalue weighted by Crippen LogP contribution is -2.59. The third-order valence-electron chi connectivity index (χ3n) is 17.0. The molecule has 2 aliphatic rings. The van der Waals surface area contributed by atoms with Crippen LogP contribution in [0, 0.1) is 23.2 Å². The molecule has 0 radical (unpaired) electrons. The summed E-state index contributed by atoms with van der Waals surface area (Å²) in [4.78, 5) is 48.7. The second kappa shape index (κ2) is 36.2. The molecular formula is C63H114N6O17S. The van der Waals surface area contributed by atoms with E-state index >= 15 is 0 Å². The largest absolute Gasteiger partial charge is 0.477 e. The molecule has 1 aromatic heterocycles. The van der Waals surface area contributed by atoms with Crippen molar-refractivity contribution in [3.8, 4) is 0 Å². The summed E-state index contributed by atoms with van der Waals surface area (Å²) in [5.74, 6) is -4.26. The van der Waals surface area contributed by atoms with Crippen LogP contribution in [0.15, 0.2) is 34.3 Å². The van der Waals surface area contributed by atoms with Crippen LogP contribution < -0.4 is 15.8 Å². The molecule has 1 aromatic carbocycles. The monoisotopic (exact) mass is 1260 g/mol. The predicted molar refractivity (Wildman–Crippen MR) is 340 cm³/mol. The highest BCUT2D eigenvalue weighted by atomic mass is 32.2. The zero-order chi connectivity index (χ0) is 66.5. The minimum Gasteiger partial charge on any atom is -0.477 e. The third-order valence-corrected chi connectivity index (χ3v) is 18.3. The minimum absolute atomic E-state index is 0.0256. The van der Waals surface area contributed by atoms with Gasteiger partial charge < -0.3 is 74.2 Å². The first kappa shape index (κ1) is 79.2. The Hall–Kier alpha value is -3.89. The maximum absolute atomic E-state index is 14.1. The van der Waals surface area contributed by atoms with E-state index in [1.165, 1.54) is 27.2 Å². The Morgan fingerprint density at radius 2 is 1.62 bits per heavy atom. The molecule has 4 unspecified atom stereocenters. The first-order valence-corrected chi connectivity index (χ1v) is 32.8. The Labute approximate surface area is 520 Å². The van der Waals surface area contributed by atoms with Gasteiger partial charge in [0.1, 0.15) is 30.0 Å². The Morgan fingerprint density at radius 3 is 2.17 bits per heavy atom. The molecule has 2 aromatic rings. The van der Waals surface area contributed by atoms with Gasteiger partial charge in [-0.2, -0.15) is 8.42 Å². The van der Waals surface area contributed by atoms with Crippen molar-refractivity contribution in [1.29, 1.82) is 0 Å². The number of carbonyl (C=O) groups excluding carboxylic acids is 1. The highest BCUT2D eigenvalue weighted by Crippen LogP contribution is 2.41. The van der Waals surface area contributed by atoms with Gasteiger partial charge in [0.25, 0.3) is 10.1 Å². The fourth-order valence-corrected chi connectivity index (χ4v) is 12.6. The van der Waals surface area contributed by atoms with Crippen molar-refractivity contribution in [1.82, 2.24) is 19.8 Å². The standard InChI is InChI=1S/C52H89N5O15S.C9H19NO2.C2H6/c1-16-42(52(12,64)37(8)58)70-49(63)35(6)45(34(5)46(60)50(9,10)29-33(4)31-54-68-26-25-56(17-2)18-3)71-43-30-51(11,67-15)47(36(7)69-43)72-73(65,66)27-24-53-23-19-20-38-21-22-41-39(28-38)44(59)40(48(61)62)32-57(41)55(13)14;1-6-5-8(10(3)4)9(11)7(2)12-6;1-2/h21-22,28,31-37,42-43,45-47,53,58,60,64H,16-20,23-27,29-30H2,1-15H3,(H,61,62);6-9,11H,5H2,1-4H3;1-2H3/b54-31-;;/t33-,34+,35?,36?,37-,42-,43+,45+,46-,47+,51-,52+;6-,7?,8+,9?;/m11./s1. The molecule has 6 N–H and O–H groups in total. The van der Waals surface area contributed by atoms with E-state index in [2.05, 4.69) is 41.0 Å². The fourth-order valence-electron chi connectivity index (χ4n) is 11.5. The third kappa shape index (κ3) is 23.1. The molecule has 16 atom stereocenters. The maximum Gasteiger partial charge on any atom is 0.341 e. The number of hydrogen-bond acceptors (Lipinski definition) is 21. The molecule has 0 saturated carbocycles. The molecule has 24 heteroatoms.